The highest BCUT2D eigenvalue weighted by Gasteiger charge is 2.18. The summed E-state index contributed by atoms with van der Waals surface area (Å²) in [4.78, 5) is 0. The van der Waals surface area contributed by atoms with Gasteiger partial charge in [0.05, 0.1) is 11.9 Å². The van der Waals surface area contributed by atoms with E-state index in [1.807, 2.05) is 20.8 Å². The number of phenolic OH excluding ortho intramolecular Hbond substituents is 1. The van der Waals surface area contributed by atoms with Gasteiger partial charge in [-0.15, -0.1) is 0 Å². The summed E-state index contributed by atoms with van der Waals surface area (Å²) >= 11 is 0. The number of methoxy groups -OCH3 is 1. The molecule has 0 aliphatic rings. The van der Waals surface area contributed by atoms with Gasteiger partial charge in [-0.2, -0.15) is 4.40 Å². The topological polar surface area (TPSA) is 58.9 Å². The lowest BCUT2D eigenvalue weighted by Crippen LogP contribution is -2.19. The predicted molar refractivity (Wildman–Crippen MR) is 70.1 cm³/mol. The van der Waals surface area contributed by atoms with E-state index in [4.69, 9.17) is 4.74 Å². The van der Waals surface area contributed by atoms with Gasteiger partial charge in [-0.25, -0.2) is 4.21 Å². The third kappa shape index (κ3) is 3.85. The summed E-state index contributed by atoms with van der Waals surface area (Å²) in [5.74, 6) is 0.442. The van der Waals surface area contributed by atoms with E-state index < -0.39 is 11.0 Å². The third-order valence-electron chi connectivity index (χ3n) is 2.02. The number of phenols is 1. The Morgan fingerprint density at radius 1 is 1.41 bits per heavy atom. The van der Waals surface area contributed by atoms with Crippen LogP contribution in [0.15, 0.2) is 22.6 Å². The van der Waals surface area contributed by atoms with Crippen molar-refractivity contribution in [3.05, 3.63) is 23.8 Å². The maximum atomic E-state index is 11.7. The first-order valence-corrected chi connectivity index (χ1v) is 6.28. The highest BCUT2D eigenvalue weighted by atomic mass is 32.2. The number of hydrogen-bond donors (Lipinski definition) is 1. The molecule has 0 fully saturated rings. The van der Waals surface area contributed by atoms with E-state index >= 15 is 0 Å². The second kappa shape index (κ2) is 5.31. The van der Waals surface area contributed by atoms with E-state index in [1.165, 1.54) is 19.4 Å². The second-order valence-corrected chi connectivity index (χ2v) is 6.46. The summed E-state index contributed by atoms with van der Waals surface area (Å²) in [5, 5.41) is 9.55. The van der Waals surface area contributed by atoms with E-state index in [9.17, 15) is 9.32 Å². The van der Waals surface area contributed by atoms with Crippen LogP contribution in [0, 0.1) is 0 Å². The number of aromatic hydroxyl groups is 1. The van der Waals surface area contributed by atoms with E-state index in [2.05, 4.69) is 4.40 Å². The van der Waals surface area contributed by atoms with Gasteiger partial charge in [0.25, 0.3) is 0 Å². The Bertz CT molecular complexity index is 450. The zero-order valence-electron chi connectivity index (χ0n) is 10.4. The number of hydrogen-bond acceptors (Lipinski definition) is 3. The van der Waals surface area contributed by atoms with Gasteiger partial charge < -0.3 is 9.84 Å². The Kier molecular flexibility index (Phi) is 4.28. The van der Waals surface area contributed by atoms with Gasteiger partial charge in [-0.05, 0) is 44.5 Å². The smallest absolute Gasteiger partial charge is 0.160 e. The van der Waals surface area contributed by atoms with Crippen LogP contribution in [0.5, 0.6) is 11.5 Å². The molecule has 1 aromatic rings. The molecule has 4 nitrogen and oxygen atoms in total. The van der Waals surface area contributed by atoms with Crippen molar-refractivity contribution in [1.82, 2.24) is 0 Å². The van der Waals surface area contributed by atoms with Gasteiger partial charge in [0.15, 0.2) is 11.5 Å². The van der Waals surface area contributed by atoms with Crippen molar-refractivity contribution in [2.45, 2.75) is 25.5 Å². The molecule has 1 atom stereocenters. The van der Waals surface area contributed by atoms with Crippen molar-refractivity contribution in [1.29, 1.82) is 0 Å². The number of nitrogens with zero attached hydrogens (tertiary/aromatic N) is 1. The highest BCUT2D eigenvalue weighted by molar-refractivity contribution is 7.85. The van der Waals surface area contributed by atoms with E-state index in [0.29, 0.717) is 11.3 Å². The minimum absolute atomic E-state index is 0.0398. The molecule has 0 spiro atoms. The average molecular weight is 255 g/mol. The third-order valence-corrected chi connectivity index (χ3v) is 3.37. The zero-order valence-corrected chi connectivity index (χ0v) is 11.2. The molecule has 1 N–H and O–H groups in total. The molecule has 0 bridgehead atoms. The first kappa shape index (κ1) is 13.7. The molecule has 0 aromatic heterocycles. The van der Waals surface area contributed by atoms with Gasteiger partial charge >= 0.3 is 0 Å². The molecule has 0 saturated carbocycles. The first-order valence-electron chi connectivity index (χ1n) is 5.17. The van der Waals surface area contributed by atoms with Gasteiger partial charge in [-0.1, -0.05) is 0 Å². The molecule has 0 radical (unpaired) electrons. The van der Waals surface area contributed by atoms with Crippen molar-refractivity contribution < 1.29 is 14.1 Å². The standard InChI is InChI=1S/C12H17NO3S/c1-12(2,3)17(15)13-8-9-5-6-11(16-4)10(14)7-9/h5-8,14H,1-4H3. The van der Waals surface area contributed by atoms with Crippen LogP contribution >= 0.6 is 0 Å². The molecular formula is C12H17NO3S. The van der Waals surface area contributed by atoms with Crippen LogP contribution in [0.1, 0.15) is 26.3 Å². The molecule has 17 heavy (non-hydrogen) atoms. The van der Waals surface area contributed by atoms with Gasteiger partial charge in [0.2, 0.25) is 0 Å². The van der Waals surface area contributed by atoms with Crippen molar-refractivity contribution in [3.63, 3.8) is 0 Å². The number of rotatable bonds is 3. The van der Waals surface area contributed by atoms with E-state index in [1.54, 1.807) is 12.1 Å². The summed E-state index contributed by atoms with van der Waals surface area (Å²) in [6, 6.07) is 4.89. The van der Waals surface area contributed by atoms with Crippen molar-refractivity contribution in [2.75, 3.05) is 7.11 Å². The molecule has 0 amide bonds. The van der Waals surface area contributed by atoms with Crippen molar-refractivity contribution in [2.24, 2.45) is 4.40 Å². The van der Waals surface area contributed by atoms with Gasteiger partial charge in [0, 0.05) is 6.21 Å². The quantitative estimate of drug-likeness (QED) is 0.843. The van der Waals surface area contributed by atoms with Crippen molar-refractivity contribution >= 4 is 17.2 Å². The molecule has 0 aliphatic heterocycles. The van der Waals surface area contributed by atoms with E-state index in [-0.39, 0.29) is 10.5 Å². The summed E-state index contributed by atoms with van der Waals surface area (Å²) < 4.78 is 20.2. The van der Waals surface area contributed by atoms with Crippen molar-refractivity contribution in [3.8, 4) is 11.5 Å². The van der Waals surface area contributed by atoms with Crippen LogP contribution in [0.2, 0.25) is 0 Å². The Balaban J connectivity index is 2.86. The lowest BCUT2D eigenvalue weighted by Gasteiger charge is -2.12. The fourth-order valence-electron chi connectivity index (χ4n) is 1.05. The lowest BCUT2D eigenvalue weighted by atomic mass is 10.2. The van der Waals surface area contributed by atoms with E-state index in [0.717, 1.165) is 0 Å². The summed E-state index contributed by atoms with van der Waals surface area (Å²) in [6.07, 6.45) is 1.49. The Hall–Kier alpha value is -1.36. The molecule has 5 heteroatoms. The summed E-state index contributed by atoms with van der Waals surface area (Å²) in [7, 11) is 0.189. The molecule has 1 unspecified atom stereocenters. The first-order chi connectivity index (χ1) is 7.84. The van der Waals surface area contributed by atoms with Crippen LogP contribution < -0.4 is 4.74 Å². The molecular weight excluding hydrogens is 238 g/mol. The number of ether oxygens (including phenoxy) is 1. The summed E-state index contributed by atoms with van der Waals surface area (Å²) in [6.45, 7) is 5.56. The Labute approximate surface area is 104 Å². The minimum Gasteiger partial charge on any atom is -0.504 e. The second-order valence-electron chi connectivity index (χ2n) is 4.53. The predicted octanol–water partition coefficient (Wildman–Crippen LogP) is 2.28. The van der Waals surface area contributed by atoms with Gasteiger partial charge in [-0.3, -0.25) is 0 Å². The lowest BCUT2D eigenvalue weighted by molar-refractivity contribution is 0.373. The fourth-order valence-corrected chi connectivity index (χ4v) is 1.59. The Morgan fingerprint density at radius 3 is 2.53 bits per heavy atom. The minimum atomic E-state index is -1.30. The monoisotopic (exact) mass is 255 g/mol. The van der Waals surface area contributed by atoms with Crippen LogP contribution in [0.4, 0.5) is 0 Å². The maximum Gasteiger partial charge on any atom is 0.160 e. The molecule has 94 valence electrons. The molecule has 1 aromatic carbocycles. The number of benzene rings is 1. The molecule has 0 aliphatic carbocycles. The molecule has 0 saturated heterocycles. The normalized spacial score (nSPS) is 13.9. The van der Waals surface area contributed by atoms with Crippen LogP contribution in [0.3, 0.4) is 0 Å². The Morgan fingerprint density at radius 2 is 2.06 bits per heavy atom. The SMILES string of the molecule is COc1ccc(C=NS(=O)C(C)(C)C)cc1O. The molecule has 1 rings (SSSR count). The van der Waals surface area contributed by atoms with Gasteiger partial charge in [0.1, 0.15) is 11.0 Å². The fraction of sp³-hybridized carbons (Fsp3) is 0.417. The van der Waals surface area contributed by atoms with Crippen LogP contribution in [-0.4, -0.2) is 27.4 Å². The van der Waals surface area contributed by atoms with Crippen LogP contribution in [-0.2, 0) is 11.0 Å². The largest absolute Gasteiger partial charge is 0.504 e. The average Bonchev–Trinajstić information content (AvgIpc) is 2.24. The zero-order chi connectivity index (χ0) is 13.1. The molecule has 0 heterocycles. The highest BCUT2D eigenvalue weighted by Crippen LogP contribution is 2.25. The van der Waals surface area contributed by atoms with Crippen LogP contribution in [0.25, 0.3) is 0 Å². The summed E-state index contributed by atoms with van der Waals surface area (Å²) in [5.41, 5.74) is 0.681. The maximum absolute atomic E-state index is 11.7.